The van der Waals surface area contributed by atoms with E-state index in [0.29, 0.717) is 6.54 Å². The Morgan fingerprint density at radius 2 is 1.80 bits per heavy atom. The number of nitrogens with zero attached hydrogens (tertiary/aromatic N) is 3. The van der Waals surface area contributed by atoms with E-state index in [4.69, 9.17) is 5.11 Å². The normalized spacial score (nSPS) is 15.8. The van der Waals surface area contributed by atoms with Crippen molar-refractivity contribution in [1.82, 2.24) is 15.0 Å². The number of benzene rings is 1. The quantitative estimate of drug-likeness (QED) is 0.544. The van der Waals surface area contributed by atoms with Gasteiger partial charge in [-0.1, -0.05) is 30.3 Å². The van der Waals surface area contributed by atoms with Crippen LogP contribution in [0.1, 0.15) is 17.4 Å². The second-order valence-corrected chi connectivity index (χ2v) is 4.47. The molecular formula is C13H17N3O4. The van der Waals surface area contributed by atoms with Crippen LogP contribution in [0.15, 0.2) is 36.5 Å². The molecular weight excluding hydrogens is 262 g/mol. The summed E-state index contributed by atoms with van der Waals surface area (Å²) < 4.78 is 0. The van der Waals surface area contributed by atoms with E-state index in [1.54, 1.807) is 0 Å². The summed E-state index contributed by atoms with van der Waals surface area (Å²) in [7, 11) is 0. The van der Waals surface area contributed by atoms with E-state index in [2.05, 4.69) is 10.2 Å². The molecule has 4 N–H and O–H groups in total. The van der Waals surface area contributed by atoms with Crippen LogP contribution in [-0.4, -0.2) is 54.2 Å². The molecule has 20 heavy (non-hydrogen) atoms. The van der Waals surface area contributed by atoms with Gasteiger partial charge in [-0.2, -0.15) is 15.0 Å². The minimum Gasteiger partial charge on any atom is -0.394 e. The molecule has 0 spiro atoms. The maximum absolute atomic E-state index is 9.83. The SMILES string of the molecule is OC[C@@H](O)[C@H](O)[C@H](O)c1cnn(Cc2ccccc2)n1. The Labute approximate surface area is 115 Å². The molecule has 0 saturated heterocycles. The summed E-state index contributed by atoms with van der Waals surface area (Å²) in [6.07, 6.45) is -3.02. The van der Waals surface area contributed by atoms with Crippen molar-refractivity contribution < 1.29 is 20.4 Å². The first-order valence-electron chi connectivity index (χ1n) is 6.21. The lowest BCUT2D eigenvalue weighted by atomic mass is 10.1. The van der Waals surface area contributed by atoms with Crippen LogP contribution < -0.4 is 0 Å². The maximum Gasteiger partial charge on any atom is 0.128 e. The third-order valence-corrected chi connectivity index (χ3v) is 2.93. The summed E-state index contributed by atoms with van der Waals surface area (Å²) in [5.74, 6) is 0. The van der Waals surface area contributed by atoms with Crippen molar-refractivity contribution >= 4 is 0 Å². The third kappa shape index (κ3) is 3.40. The predicted octanol–water partition coefficient (Wildman–Crippen LogP) is -0.926. The lowest BCUT2D eigenvalue weighted by molar-refractivity contribution is -0.0790. The highest BCUT2D eigenvalue weighted by molar-refractivity contribution is 5.14. The Morgan fingerprint density at radius 1 is 1.10 bits per heavy atom. The van der Waals surface area contributed by atoms with Crippen molar-refractivity contribution in [3.63, 3.8) is 0 Å². The zero-order valence-corrected chi connectivity index (χ0v) is 10.7. The van der Waals surface area contributed by atoms with E-state index in [1.165, 1.54) is 11.0 Å². The van der Waals surface area contributed by atoms with E-state index < -0.39 is 24.9 Å². The van der Waals surface area contributed by atoms with Crippen LogP contribution in [0.5, 0.6) is 0 Å². The van der Waals surface area contributed by atoms with Gasteiger partial charge in [-0.15, -0.1) is 0 Å². The second-order valence-electron chi connectivity index (χ2n) is 4.47. The fourth-order valence-corrected chi connectivity index (χ4v) is 1.76. The van der Waals surface area contributed by atoms with Gasteiger partial charge in [0.1, 0.15) is 24.0 Å². The molecule has 2 aromatic rings. The molecule has 0 aliphatic heterocycles. The molecule has 1 aromatic heterocycles. The molecule has 108 valence electrons. The average molecular weight is 279 g/mol. The summed E-state index contributed by atoms with van der Waals surface area (Å²) in [6, 6.07) is 9.54. The molecule has 0 bridgehead atoms. The van der Waals surface area contributed by atoms with Crippen LogP contribution in [0.25, 0.3) is 0 Å². The predicted molar refractivity (Wildman–Crippen MR) is 69.6 cm³/mol. The first-order chi connectivity index (χ1) is 9.61. The zero-order chi connectivity index (χ0) is 14.5. The molecule has 0 aliphatic carbocycles. The topological polar surface area (TPSA) is 112 Å². The smallest absolute Gasteiger partial charge is 0.128 e. The molecule has 7 nitrogen and oxygen atoms in total. The Balaban J connectivity index is 2.05. The monoisotopic (exact) mass is 279 g/mol. The lowest BCUT2D eigenvalue weighted by Gasteiger charge is -2.19. The largest absolute Gasteiger partial charge is 0.394 e. The standard InChI is InChI=1S/C13H17N3O4/c17-8-11(18)13(20)12(19)10-6-14-16(15-10)7-9-4-2-1-3-5-9/h1-6,11-13,17-20H,7-8H2/t11-,12-,13+/m1/s1. The first kappa shape index (κ1) is 14.6. The highest BCUT2D eigenvalue weighted by Crippen LogP contribution is 2.16. The minimum atomic E-state index is -1.51. The molecule has 0 saturated carbocycles. The van der Waals surface area contributed by atoms with E-state index in [-0.39, 0.29) is 5.69 Å². The van der Waals surface area contributed by atoms with E-state index >= 15 is 0 Å². The highest BCUT2D eigenvalue weighted by atomic mass is 16.4. The Kier molecular flexibility index (Phi) is 4.80. The first-order valence-corrected chi connectivity index (χ1v) is 6.21. The number of aliphatic hydroxyl groups excluding tert-OH is 4. The van der Waals surface area contributed by atoms with Crippen LogP contribution in [0.2, 0.25) is 0 Å². The molecule has 2 rings (SSSR count). The Morgan fingerprint density at radius 3 is 2.45 bits per heavy atom. The number of aliphatic hydroxyl groups is 4. The third-order valence-electron chi connectivity index (χ3n) is 2.93. The molecule has 3 atom stereocenters. The van der Waals surface area contributed by atoms with Gasteiger partial charge >= 0.3 is 0 Å². The van der Waals surface area contributed by atoms with Gasteiger partial charge in [-0.25, -0.2) is 0 Å². The van der Waals surface area contributed by atoms with Crippen molar-refractivity contribution in [3.05, 3.63) is 47.8 Å². The maximum atomic E-state index is 9.83. The van der Waals surface area contributed by atoms with Crippen LogP contribution in [0.4, 0.5) is 0 Å². The zero-order valence-electron chi connectivity index (χ0n) is 10.7. The molecule has 0 aliphatic rings. The van der Waals surface area contributed by atoms with Gasteiger partial charge in [-0.05, 0) is 5.56 Å². The van der Waals surface area contributed by atoms with Crippen molar-refractivity contribution in [1.29, 1.82) is 0 Å². The number of rotatable bonds is 6. The van der Waals surface area contributed by atoms with Gasteiger partial charge in [0.25, 0.3) is 0 Å². The van der Waals surface area contributed by atoms with Gasteiger partial charge in [-0.3, -0.25) is 0 Å². The summed E-state index contributed by atoms with van der Waals surface area (Å²) in [5, 5.41) is 45.5. The van der Waals surface area contributed by atoms with Gasteiger partial charge < -0.3 is 20.4 Å². The molecule has 1 aromatic carbocycles. The summed E-state index contributed by atoms with van der Waals surface area (Å²) >= 11 is 0. The van der Waals surface area contributed by atoms with E-state index in [1.807, 2.05) is 30.3 Å². The van der Waals surface area contributed by atoms with Gasteiger partial charge in [0.2, 0.25) is 0 Å². The average Bonchev–Trinajstić information content (AvgIpc) is 2.94. The lowest BCUT2D eigenvalue weighted by Crippen LogP contribution is -2.35. The molecule has 0 unspecified atom stereocenters. The summed E-state index contributed by atoms with van der Waals surface area (Å²) in [4.78, 5) is 1.38. The van der Waals surface area contributed by atoms with Gasteiger partial charge in [0.05, 0.1) is 19.3 Å². The fraction of sp³-hybridized carbons (Fsp3) is 0.385. The second kappa shape index (κ2) is 6.58. The highest BCUT2D eigenvalue weighted by Gasteiger charge is 2.27. The van der Waals surface area contributed by atoms with Crippen LogP contribution in [0.3, 0.4) is 0 Å². The fourth-order valence-electron chi connectivity index (χ4n) is 1.76. The van der Waals surface area contributed by atoms with Crippen molar-refractivity contribution in [2.45, 2.75) is 24.9 Å². The number of hydrogen-bond acceptors (Lipinski definition) is 6. The number of hydrogen-bond donors (Lipinski definition) is 4. The van der Waals surface area contributed by atoms with Crippen molar-refractivity contribution in [2.75, 3.05) is 6.61 Å². The van der Waals surface area contributed by atoms with E-state index in [9.17, 15) is 15.3 Å². The molecule has 0 amide bonds. The van der Waals surface area contributed by atoms with Crippen molar-refractivity contribution in [2.24, 2.45) is 0 Å². The summed E-state index contributed by atoms with van der Waals surface area (Å²) in [5.41, 5.74) is 1.14. The minimum absolute atomic E-state index is 0.140. The molecule has 0 fully saturated rings. The molecule has 1 heterocycles. The summed E-state index contributed by atoms with van der Waals surface area (Å²) in [6.45, 7) is -0.206. The van der Waals surface area contributed by atoms with Gasteiger partial charge in [0, 0.05) is 0 Å². The van der Waals surface area contributed by atoms with Gasteiger partial charge in [0.15, 0.2) is 0 Å². The van der Waals surface area contributed by atoms with Crippen LogP contribution in [0, 0.1) is 0 Å². The Bertz CT molecular complexity index is 531. The van der Waals surface area contributed by atoms with Crippen LogP contribution in [-0.2, 0) is 6.54 Å². The molecule has 0 radical (unpaired) electrons. The van der Waals surface area contributed by atoms with E-state index in [0.717, 1.165) is 5.56 Å². The molecule has 7 heteroatoms. The van der Waals surface area contributed by atoms with Crippen LogP contribution >= 0.6 is 0 Å². The van der Waals surface area contributed by atoms with Crippen molar-refractivity contribution in [3.8, 4) is 0 Å². The number of aromatic nitrogens is 3. The Hall–Kier alpha value is -1.80.